The van der Waals surface area contributed by atoms with Crippen molar-refractivity contribution in [3.05, 3.63) is 17.0 Å². The number of rotatable bonds is 2. The molecule has 3 heteroatoms. The Hall–Kier alpha value is -0.830. The van der Waals surface area contributed by atoms with Gasteiger partial charge in [0, 0.05) is 12.2 Å². The number of nitrogens with one attached hydrogen (secondary N) is 1. The van der Waals surface area contributed by atoms with Gasteiger partial charge in [0.15, 0.2) is 0 Å². The van der Waals surface area contributed by atoms with Crippen LogP contribution in [0.1, 0.15) is 36.2 Å². The maximum absolute atomic E-state index is 4.62. The fourth-order valence-electron chi connectivity index (χ4n) is 3.91. The van der Waals surface area contributed by atoms with Crippen LogP contribution in [0.4, 0.5) is 0 Å². The third-order valence-electron chi connectivity index (χ3n) is 5.24. The molecule has 1 aliphatic heterocycles. The molecule has 2 heterocycles. The molecule has 1 N–H and O–H groups in total. The molecular formula is C15H23N3. The van der Waals surface area contributed by atoms with Crippen molar-refractivity contribution in [2.24, 2.45) is 17.8 Å². The fraction of sp³-hybridized carbons (Fsp3) is 0.800. The maximum atomic E-state index is 4.62. The second-order valence-electron chi connectivity index (χ2n) is 6.75. The number of hydrogen-bond acceptors (Lipinski definition) is 2. The van der Waals surface area contributed by atoms with Gasteiger partial charge in [-0.25, -0.2) is 0 Å². The van der Waals surface area contributed by atoms with Gasteiger partial charge in [-0.3, -0.25) is 5.10 Å². The van der Waals surface area contributed by atoms with Crippen molar-refractivity contribution >= 4 is 0 Å². The Bertz CT molecular complexity index is 447. The van der Waals surface area contributed by atoms with Crippen LogP contribution in [0.2, 0.25) is 0 Å². The second-order valence-corrected chi connectivity index (χ2v) is 6.75. The molecule has 2 atom stereocenters. The van der Waals surface area contributed by atoms with E-state index in [1.54, 1.807) is 5.56 Å². The minimum absolute atomic E-state index is 0.881. The fourth-order valence-corrected chi connectivity index (χ4v) is 3.91. The van der Waals surface area contributed by atoms with E-state index >= 15 is 0 Å². The molecule has 0 spiro atoms. The van der Waals surface area contributed by atoms with Crippen LogP contribution in [-0.4, -0.2) is 35.2 Å². The van der Waals surface area contributed by atoms with Crippen molar-refractivity contribution in [2.75, 3.05) is 20.1 Å². The highest BCUT2D eigenvalue weighted by Crippen LogP contribution is 2.38. The third-order valence-corrected chi connectivity index (χ3v) is 5.24. The molecule has 1 saturated carbocycles. The van der Waals surface area contributed by atoms with E-state index in [0.29, 0.717) is 0 Å². The zero-order valence-corrected chi connectivity index (χ0v) is 11.3. The summed E-state index contributed by atoms with van der Waals surface area (Å²) in [6, 6.07) is 0. The average molecular weight is 245 g/mol. The minimum Gasteiger partial charge on any atom is -0.306 e. The Labute approximate surface area is 109 Å². The Kier molecular flexibility index (Phi) is 2.51. The van der Waals surface area contributed by atoms with Gasteiger partial charge < -0.3 is 4.90 Å². The van der Waals surface area contributed by atoms with E-state index in [2.05, 4.69) is 22.1 Å². The lowest BCUT2D eigenvalue weighted by Gasteiger charge is -2.39. The SMILES string of the molecule is CN1CC[C@H]2Cc3[nH]nc(CC4CC4)c3C[C@@H]2C1. The van der Waals surface area contributed by atoms with Gasteiger partial charge in [-0.15, -0.1) is 0 Å². The average Bonchev–Trinajstić information content (AvgIpc) is 3.10. The predicted octanol–water partition coefficient (Wildman–Crippen LogP) is 2.03. The molecule has 1 saturated heterocycles. The molecule has 1 aromatic rings. The molecule has 0 aromatic carbocycles. The number of fused-ring (bicyclic) bond motifs is 2. The second kappa shape index (κ2) is 4.09. The zero-order valence-electron chi connectivity index (χ0n) is 11.3. The van der Waals surface area contributed by atoms with Crippen molar-refractivity contribution in [2.45, 2.75) is 38.5 Å². The number of aromatic nitrogens is 2. The molecule has 0 radical (unpaired) electrons. The van der Waals surface area contributed by atoms with E-state index in [1.807, 2.05) is 0 Å². The van der Waals surface area contributed by atoms with Crippen LogP contribution in [0.5, 0.6) is 0 Å². The normalized spacial score (nSPS) is 32.1. The molecule has 0 unspecified atom stereocenters. The summed E-state index contributed by atoms with van der Waals surface area (Å²) in [5.74, 6) is 2.74. The van der Waals surface area contributed by atoms with E-state index in [1.165, 1.54) is 63.0 Å². The van der Waals surface area contributed by atoms with Gasteiger partial charge in [0.05, 0.1) is 5.69 Å². The molecule has 1 aromatic heterocycles. The van der Waals surface area contributed by atoms with E-state index in [9.17, 15) is 0 Å². The summed E-state index contributed by atoms with van der Waals surface area (Å²) in [5.41, 5.74) is 4.47. The highest BCUT2D eigenvalue weighted by Gasteiger charge is 2.35. The lowest BCUT2D eigenvalue weighted by Crippen LogP contribution is -2.41. The number of hydrogen-bond donors (Lipinski definition) is 1. The number of nitrogens with zero attached hydrogens (tertiary/aromatic N) is 2. The van der Waals surface area contributed by atoms with E-state index in [-0.39, 0.29) is 0 Å². The van der Waals surface area contributed by atoms with Crippen LogP contribution in [0.15, 0.2) is 0 Å². The molecule has 3 nitrogen and oxygen atoms in total. The smallest absolute Gasteiger partial charge is 0.0659 e. The summed E-state index contributed by atoms with van der Waals surface area (Å²) < 4.78 is 0. The quantitative estimate of drug-likeness (QED) is 0.864. The first-order valence-corrected chi connectivity index (χ1v) is 7.53. The lowest BCUT2D eigenvalue weighted by atomic mass is 9.74. The number of aromatic amines is 1. The Morgan fingerprint density at radius 1 is 1.22 bits per heavy atom. The summed E-state index contributed by atoms with van der Waals surface area (Å²) in [6.07, 6.45) is 8.00. The summed E-state index contributed by atoms with van der Waals surface area (Å²) in [6.45, 7) is 2.57. The highest BCUT2D eigenvalue weighted by atomic mass is 15.1. The van der Waals surface area contributed by atoms with Gasteiger partial charge in [0.2, 0.25) is 0 Å². The monoisotopic (exact) mass is 245 g/mol. The van der Waals surface area contributed by atoms with Crippen LogP contribution in [0.3, 0.4) is 0 Å². The molecule has 18 heavy (non-hydrogen) atoms. The third kappa shape index (κ3) is 1.89. The molecule has 98 valence electrons. The van der Waals surface area contributed by atoms with Crippen LogP contribution >= 0.6 is 0 Å². The van der Waals surface area contributed by atoms with Gasteiger partial charge in [0.25, 0.3) is 0 Å². The topological polar surface area (TPSA) is 31.9 Å². The molecule has 0 bridgehead atoms. The van der Waals surface area contributed by atoms with Crippen molar-refractivity contribution in [1.82, 2.24) is 15.1 Å². The standard InChI is InChI=1S/C15H23N3/c1-18-5-4-11-8-15-13(7-12(11)9-18)14(16-17-15)6-10-2-3-10/h10-12H,2-9H2,1H3,(H,16,17)/t11-,12+/m0/s1. The van der Waals surface area contributed by atoms with Crippen LogP contribution in [0, 0.1) is 17.8 Å². The van der Waals surface area contributed by atoms with Crippen molar-refractivity contribution in [3.63, 3.8) is 0 Å². The zero-order chi connectivity index (χ0) is 12.1. The van der Waals surface area contributed by atoms with Crippen molar-refractivity contribution < 1.29 is 0 Å². The van der Waals surface area contributed by atoms with E-state index < -0.39 is 0 Å². The molecule has 4 rings (SSSR count). The summed E-state index contributed by atoms with van der Waals surface area (Å²) in [7, 11) is 2.27. The predicted molar refractivity (Wildman–Crippen MR) is 71.5 cm³/mol. The first kappa shape index (κ1) is 11.0. The largest absolute Gasteiger partial charge is 0.306 e. The van der Waals surface area contributed by atoms with Crippen LogP contribution < -0.4 is 0 Å². The summed E-state index contributed by atoms with van der Waals surface area (Å²) in [4.78, 5) is 2.51. The van der Waals surface area contributed by atoms with E-state index in [4.69, 9.17) is 0 Å². The number of likely N-dealkylation sites (tertiary alicyclic amines) is 1. The Morgan fingerprint density at radius 2 is 2.11 bits per heavy atom. The van der Waals surface area contributed by atoms with Crippen LogP contribution in [0.25, 0.3) is 0 Å². The Balaban J connectivity index is 1.58. The lowest BCUT2D eigenvalue weighted by molar-refractivity contribution is 0.133. The van der Waals surface area contributed by atoms with Gasteiger partial charge in [-0.05, 0) is 75.4 Å². The van der Waals surface area contributed by atoms with Gasteiger partial charge in [-0.2, -0.15) is 5.10 Å². The molecule has 3 aliphatic rings. The van der Waals surface area contributed by atoms with Gasteiger partial charge in [-0.1, -0.05) is 0 Å². The van der Waals surface area contributed by atoms with Gasteiger partial charge >= 0.3 is 0 Å². The maximum Gasteiger partial charge on any atom is 0.0659 e. The van der Waals surface area contributed by atoms with Crippen LogP contribution in [-0.2, 0) is 19.3 Å². The summed E-state index contributed by atoms with van der Waals surface area (Å²) in [5, 5.41) is 7.96. The van der Waals surface area contributed by atoms with Crippen molar-refractivity contribution in [1.29, 1.82) is 0 Å². The number of H-pyrrole nitrogens is 1. The van der Waals surface area contributed by atoms with Crippen molar-refractivity contribution in [3.8, 4) is 0 Å². The minimum atomic E-state index is 0.881. The molecule has 0 amide bonds. The molecule has 2 aliphatic carbocycles. The first-order valence-electron chi connectivity index (χ1n) is 7.53. The Morgan fingerprint density at radius 3 is 2.94 bits per heavy atom. The first-order chi connectivity index (χ1) is 8.79. The van der Waals surface area contributed by atoms with Gasteiger partial charge in [0.1, 0.15) is 0 Å². The highest BCUT2D eigenvalue weighted by molar-refractivity contribution is 5.30. The number of piperidine rings is 1. The molecular weight excluding hydrogens is 222 g/mol. The van der Waals surface area contributed by atoms with E-state index in [0.717, 1.165) is 17.8 Å². The molecule has 2 fully saturated rings. The summed E-state index contributed by atoms with van der Waals surface area (Å²) >= 11 is 0.